The van der Waals surface area contributed by atoms with Gasteiger partial charge in [-0.1, -0.05) is 6.07 Å². The monoisotopic (exact) mass is 447 g/mol. The van der Waals surface area contributed by atoms with Gasteiger partial charge in [0, 0.05) is 33.8 Å². The molecule has 136 valence electrons. The lowest BCUT2D eigenvalue weighted by Crippen LogP contribution is -2.45. The van der Waals surface area contributed by atoms with E-state index in [9.17, 15) is 0 Å². The van der Waals surface area contributed by atoms with E-state index in [1.165, 1.54) is 0 Å². The topological polar surface area (TPSA) is 61.8 Å². The van der Waals surface area contributed by atoms with E-state index < -0.39 is 0 Å². The van der Waals surface area contributed by atoms with E-state index in [0.29, 0.717) is 6.54 Å². The van der Waals surface area contributed by atoms with Crippen molar-refractivity contribution in [3.05, 3.63) is 23.9 Å². The highest BCUT2D eigenvalue weighted by molar-refractivity contribution is 14.0. The van der Waals surface area contributed by atoms with Crippen LogP contribution in [0.1, 0.15) is 32.4 Å². The van der Waals surface area contributed by atoms with Crippen LogP contribution in [0.3, 0.4) is 0 Å². The third-order valence-electron chi connectivity index (χ3n) is 3.92. The number of rotatable bonds is 6. The summed E-state index contributed by atoms with van der Waals surface area (Å²) in [5.41, 5.74) is 0.871. The molecule has 1 aliphatic rings. The molecule has 1 saturated heterocycles. The normalized spacial score (nSPS) is 20.4. The lowest BCUT2D eigenvalue weighted by Gasteiger charge is -2.24. The van der Waals surface area contributed by atoms with Crippen LogP contribution in [0.5, 0.6) is 0 Å². The number of aliphatic imine (C=N–C) groups is 1. The Kier molecular flexibility index (Phi) is 8.75. The Morgan fingerprint density at radius 3 is 2.79 bits per heavy atom. The van der Waals surface area contributed by atoms with Crippen LogP contribution in [-0.2, 0) is 11.3 Å². The fourth-order valence-electron chi connectivity index (χ4n) is 2.55. The van der Waals surface area contributed by atoms with Crippen LogP contribution in [0.2, 0.25) is 0 Å². The fraction of sp³-hybridized carbons (Fsp3) is 0.647. The first kappa shape index (κ1) is 21.0. The van der Waals surface area contributed by atoms with Gasteiger partial charge in [0.05, 0.1) is 17.8 Å². The second-order valence-electron chi connectivity index (χ2n) is 6.33. The van der Waals surface area contributed by atoms with Crippen molar-refractivity contribution in [2.24, 2.45) is 4.99 Å². The number of pyridine rings is 1. The first-order valence-corrected chi connectivity index (χ1v) is 8.32. The van der Waals surface area contributed by atoms with Gasteiger partial charge < -0.3 is 20.3 Å². The second kappa shape index (κ2) is 10.0. The van der Waals surface area contributed by atoms with Gasteiger partial charge in [-0.2, -0.15) is 0 Å². The molecule has 1 aromatic rings. The summed E-state index contributed by atoms with van der Waals surface area (Å²) in [5, 5.41) is 6.66. The smallest absolute Gasteiger partial charge is 0.191 e. The van der Waals surface area contributed by atoms with Crippen LogP contribution in [0.4, 0.5) is 5.82 Å². The van der Waals surface area contributed by atoms with Crippen molar-refractivity contribution < 1.29 is 4.74 Å². The van der Waals surface area contributed by atoms with Gasteiger partial charge in [-0.3, -0.25) is 0 Å². The third kappa shape index (κ3) is 6.43. The molecule has 1 aromatic heterocycles. The van der Waals surface area contributed by atoms with Crippen LogP contribution in [0.15, 0.2) is 23.2 Å². The minimum absolute atomic E-state index is 0. The summed E-state index contributed by atoms with van der Waals surface area (Å²) in [4.78, 5) is 11.2. The van der Waals surface area contributed by atoms with Crippen molar-refractivity contribution in [3.8, 4) is 0 Å². The Balaban J connectivity index is 0.00000288. The number of nitrogens with zero attached hydrogens (tertiary/aromatic N) is 3. The number of ether oxygens (including phenoxy) is 1. The molecule has 0 saturated carbocycles. The molecule has 2 rings (SSSR count). The lowest BCUT2D eigenvalue weighted by molar-refractivity contribution is 0.0243. The number of hydrogen-bond acceptors (Lipinski definition) is 4. The number of anilines is 1. The summed E-state index contributed by atoms with van der Waals surface area (Å²) in [6.45, 7) is 7.22. The molecule has 0 radical (unpaired) electrons. The molecule has 0 amide bonds. The summed E-state index contributed by atoms with van der Waals surface area (Å²) < 4.78 is 5.81. The number of hydrogen-bond donors (Lipinski definition) is 2. The number of halogens is 1. The van der Waals surface area contributed by atoms with Crippen LogP contribution in [-0.4, -0.2) is 50.3 Å². The van der Waals surface area contributed by atoms with Crippen molar-refractivity contribution in [3.63, 3.8) is 0 Å². The summed E-state index contributed by atoms with van der Waals surface area (Å²) in [6.07, 6.45) is 2.22. The lowest BCUT2D eigenvalue weighted by atomic mass is 10.0. The average molecular weight is 447 g/mol. The van der Waals surface area contributed by atoms with E-state index in [2.05, 4.69) is 34.5 Å². The molecule has 0 spiro atoms. The Morgan fingerprint density at radius 2 is 2.17 bits per heavy atom. The third-order valence-corrected chi connectivity index (χ3v) is 3.92. The van der Waals surface area contributed by atoms with E-state index in [4.69, 9.17) is 4.74 Å². The summed E-state index contributed by atoms with van der Waals surface area (Å²) in [7, 11) is 3.98. The van der Waals surface area contributed by atoms with Gasteiger partial charge >= 0.3 is 0 Å². The van der Waals surface area contributed by atoms with Gasteiger partial charge in [0.15, 0.2) is 5.96 Å². The van der Waals surface area contributed by atoms with E-state index in [-0.39, 0.29) is 29.6 Å². The largest absolute Gasteiger partial charge is 0.373 e. The van der Waals surface area contributed by atoms with Crippen LogP contribution < -0.4 is 15.5 Å². The first-order chi connectivity index (χ1) is 11.0. The minimum Gasteiger partial charge on any atom is -0.373 e. The first-order valence-electron chi connectivity index (χ1n) is 8.32. The van der Waals surface area contributed by atoms with Gasteiger partial charge in [0.1, 0.15) is 5.82 Å². The van der Waals surface area contributed by atoms with Crippen molar-refractivity contribution in [1.82, 2.24) is 15.6 Å². The molecule has 1 fully saturated rings. The predicted molar refractivity (Wildman–Crippen MR) is 110 cm³/mol. The molecule has 7 heteroatoms. The molecule has 1 unspecified atom stereocenters. The average Bonchev–Trinajstić information content (AvgIpc) is 2.97. The molecule has 2 heterocycles. The van der Waals surface area contributed by atoms with Crippen LogP contribution in [0.25, 0.3) is 0 Å². The van der Waals surface area contributed by atoms with E-state index >= 15 is 0 Å². The predicted octanol–water partition coefficient (Wildman–Crippen LogP) is 2.39. The SMILES string of the molecule is CCNC(=NCc1cccc(N(C)C)n1)NCC1(C)CCCO1.I. The van der Waals surface area contributed by atoms with Gasteiger partial charge in [0.25, 0.3) is 0 Å². The van der Waals surface area contributed by atoms with Crippen LogP contribution in [0, 0.1) is 0 Å². The molecule has 0 aromatic carbocycles. The van der Waals surface area contributed by atoms with Crippen molar-refractivity contribution in [2.75, 3.05) is 38.7 Å². The highest BCUT2D eigenvalue weighted by atomic mass is 127. The van der Waals surface area contributed by atoms with Gasteiger partial charge in [-0.05, 0) is 38.8 Å². The zero-order valence-electron chi connectivity index (χ0n) is 15.1. The van der Waals surface area contributed by atoms with Crippen LogP contribution >= 0.6 is 24.0 Å². The van der Waals surface area contributed by atoms with Gasteiger partial charge in [0.2, 0.25) is 0 Å². The maximum absolute atomic E-state index is 5.81. The summed E-state index contributed by atoms with van der Waals surface area (Å²) in [5.74, 6) is 1.75. The number of nitrogens with one attached hydrogen (secondary N) is 2. The zero-order chi connectivity index (χ0) is 16.7. The summed E-state index contributed by atoms with van der Waals surface area (Å²) >= 11 is 0. The van der Waals surface area contributed by atoms with E-state index in [1.54, 1.807) is 0 Å². The number of guanidine groups is 1. The molecule has 24 heavy (non-hydrogen) atoms. The van der Waals surface area contributed by atoms with E-state index in [1.807, 2.05) is 37.2 Å². The zero-order valence-corrected chi connectivity index (χ0v) is 17.5. The quantitative estimate of drug-likeness (QED) is 0.399. The Morgan fingerprint density at radius 1 is 1.38 bits per heavy atom. The highest BCUT2D eigenvalue weighted by Crippen LogP contribution is 2.23. The molecular formula is C17H30IN5O. The molecule has 1 atom stereocenters. The Labute approximate surface area is 162 Å². The number of aromatic nitrogens is 1. The molecule has 6 nitrogen and oxygen atoms in total. The maximum Gasteiger partial charge on any atom is 0.191 e. The van der Waals surface area contributed by atoms with Crippen molar-refractivity contribution >= 4 is 35.8 Å². The molecule has 1 aliphatic heterocycles. The van der Waals surface area contributed by atoms with Crippen molar-refractivity contribution in [1.29, 1.82) is 0 Å². The standard InChI is InChI=1S/C17H29N5O.HI/c1-5-18-16(20-13-17(2)10-7-11-23-17)19-12-14-8-6-9-15(21-14)22(3)4;/h6,8-9H,5,7,10-13H2,1-4H3,(H2,18,19,20);1H. The second-order valence-corrected chi connectivity index (χ2v) is 6.33. The molecular weight excluding hydrogens is 417 g/mol. The van der Waals surface area contributed by atoms with Gasteiger partial charge in [-0.25, -0.2) is 9.98 Å². The van der Waals surface area contributed by atoms with Crippen molar-refractivity contribution in [2.45, 2.75) is 38.8 Å². The Bertz CT molecular complexity index is 529. The summed E-state index contributed by atoms with van der Waals surface area (Å²) in [6, 6.07) is 6.01. The molecule has 0 bridgehead atoms. The molecule has 0 aliphatic carbocycles. The van der Waals surface area contributed by atoms with Gasteiger partial charge in [-0.15, -0.1) is 24.0 Å². The maximum atomic E-state index is 5.81. The fourth-order valence-corrected chi connectivity index (χ4v) is 2.55. The minimum atomic E-state index is -0.0840. The molecule has 2 N–H and O–H groups in total. The highest BCUT2D eigenvalue weighted by Gasteiger charge is 2.29. The van der Waals surface area contributed by atoms with E-state index in [0.717, 1.165) is 50.0 Å². The Hall–Kier alpha value is -1.09.